The standard InChI is InChI=1S/C19H25N/c1-3-11-20-19-13-18(17(19)4-2)16-10-9-14-7-5-6-8-15(14)12-16/h5-10,12,17-20H,3-4,11,13H2,1-2H3. The van der Waals surface area contributed by atoms with Crippen molar-refractivity contribution < 1.29 is 0 Å². The quantitative estimate of drug-likeness (QED) is 0.826. The predicted molar refractivity (Wildman–Crippen MR) is 87.2 cm³/mol. The van der Waals surface area contributed by atoms with Crippen LogP contribution in [-0.4, -0.2) is 12.6 Å². The number of hydrogen-bond donors (Lipinski definition) is 1. The zero-order chi connectivity index (χ0) is 13.9. The van der Waals surface area contributed by atoms with Crippen LogP contribution in [-0.2, 0) is 0 Å². The van der Waals surface area contributed by atoms with E-state index in [9.17, 15) is 0 Å². The van der Waals surface area contributed by atoms with E-state index in [1.807, 2.05) is 0 Å². The van der Waals surface area contributed by atoms with Crippen molar-refractivity contribution in [1.82, 2.24) is 5.32 Å². The maximum Gasteiger partial charge on any atom is 0.0107 e. The second-order valence-corrected chi connectivity index (χ2v) is 6.08. The van der Waals surface area contributed by atoms with Crippen LogP contribution in [0.15, 0.2) is 42.5 Å². The summed E-state index contributed by atoms with van der Waals surface area (Å²) in [6, 6.07) is 16.4. The summed E-state index contributed by atoms with van der Waals surface area (Å²) in [5.74, 6) is 1.56. The topological polar surface area (TPSA) is 12.0 Å². The highest BCUT2D eigenvalue weighted by Crippen LogP contribution is 2.45. The molecule has 1 N–H and O–H groups in total. The van der Waals surface area contributed by atoms with Gasteiger partial charge in [-0.15, -0.1) is 0 Å². The normalized spacial score (nSPS) is 25.6. The number of hydrogen-bond acceptors (Lipinski definition) is 1. The molecule has 3 rings (SSSR count). The molecule has 0 heterocycles. The van der Waals surface area contributed by atoms with Gasteiger partial charge in [-0.05, 0) is 47.6 Å². The summed E-state index contributed by atoms with van der Waals surface area (Å²) in [6.07, 6.45) is 3.81. The molecule has 2 aromatic rings. The third-order valence-electron chi connectivity index (χ3n) is 4.87. The van der Waals surface area contributed by atoms with Crippen LogP contribution < -0.4 is 5.32 Å². The zero-order valence-corrected chi connectivity index (χ0v) is 12.6. The Kier molecular flexibility index (Phi) is 4.07. The van der Waals surface area contributed by atoms with Crippen molar-refractivity contribution in [2.24, 2.45) is 5.92 Å². The lowest BCUT2D eigenvalue weighted by molar-refractivity contribution is 0.161. The van der Waals surface area contributed by atoms with Gasteiger partial charge in [-0.3, -0.25) is 0 Å². The summed E-state index contributed by atoms with van der Waals surface area (Å²) in [4.78, 5) is 0. The predicted octanol–water partition coefficient (Wildman–Crippen LogP) is 4.72. The molecule has 1 heteroatoms. The Hall–Kier alpha value is -1.34. The first-order chi connectivity index (χ1) is 9.83. The molecule has 0 spiro atoms. The lowest BCUT2D eigenvalue weighted by atomic mass is 9.64. The van der Waals surface area contributed by atoms with Gasteiger partial charge in [0.15, 0.2) is 0 Å². The molecule has 0 saturated heterocycles. The SMILES string of the molecule is CCCNC1CC(c2ccc3ccccc3c2)C1CC. The number of benzene rings is 2. The Morgan fingerprint density at radius 3 is 2.60 bits per heavy atom. The highest BCUT2D eigenvalue weighted by molar-refractivity contribution is 5.83. The van der Waals surface area contributed by atoms with Gasteiger partial charge < -0.3 is 5.32 Å². The van der Waals surface area contributed by atoms with Gasteiger partial charge in [-0.1, -0.05) is 62.7 Å². The molecule has 106 valence electrons. The van der Waals surface area contributed by atoms with Gasteiger partial charge in [0, 0.05) is 6.04 Å². The minimum absolute atomic E-state index is 0.733. The van der Waals surface area contributed by atoms with E-state index < -0.39 is 0 Å². The monoisotopic (exact) mass is 267 g/mol. The van der Waals surface area contributed by atoms with Crippen LogP contribution >= 0.6 is 0 Å². The molecule has 2 aromatic carbocycles. The minimum atomic E-state index is 0.733. The van der Waals surface area contributed by atoms with E-state index in [1.165, 1.54) is 35.6 Å². The fraction of sp³-hybridized carbons (Fsp3) is 0.474. The molecule has 0 aliphatic heterocycles. The highest BCUT2D eigenvalue weighted by Gasteiger charge is 2.39. The first-order valence-corrected chi connectivity index (χ1v) is 8.05. The van der Waals surface area contributed by atoms with E-state index in [-0.39, 0.29) is 0 Å². The summed E-state index contributed by atoms with van der Waals surface area (Å²) < 4.78 is 0. The lowest BCUT2D eigenvalue weighted by Gasteiger charge is -2.45. The van der Waals surface area contributed by atoms with E-state index in [2.05, 4.69) is 61.6 Å². The Bertz CT molecular complexity index is 575. The molecule has 3 unspecified atom stereocenters. The van der Waals surface area contributed by atoms with Crippen LogP contribution in [0.5, 0.6) is 0 Å². The van der Waals surface area contributed by atoms with Gasteiger partial charge in [0.2, 0.25) is 0 Å². The van der Waals surface area contributed by atoms with Gasteiger partial charge >= 0.3 is 0 Å². The van der Waals surface area contributed by atoms with Gasteiger partial charge in [-0.25, -0.2) is 0 Å². The van der Waals surface area contributed by atoms with Gasteiger partial charge in [0.1, 0.15) is 0 Å². The molecule has 0 amide bonds. The smallest absolute Gasteiger partial charge is 0.0107 e. The molecule has 1 aliphatic carbocycles. The summed E-state index contributed by atoms with van der Waals surface area (Å²) in [5.41, 5.74) is 1.53. The first kappa shape index (κ1) is 13.6. The van der Waals surface area contributed by atoms with Gasteiger partial charge in [-0.2, -0.15) is 0 Å². The number of fused-ring (bicyclic) bond motifs is 1. The van der Waals surface area contributed by atoms with Crippen molar-refractivity contribution in [2.45, 2.75) is 45.1 Å². The first-order valence-electron chi connectivity index (χ1n) is 8.05. The van der Waals surface area contributed by atoms with Gasteiger partial charge in [0.05, 0.1) is 0 Å². The van der Waals surface area contributed by atoms with Crippen LogP contribution in [0.3, 0.4) is 0 Å². The lowest BCUT2D eigenvalue weighted by Crippen LogP contribution is -2.49. The molecule has 1 fully saturated rings. The van der Waals surface area contributed by atoms with Crippen molar-refractivity contribution in [1.29, 1.82) is 0 Å². The third-order valence-corrected chi connectivity index (χ3v) is 4.87. The second kappa shape index (κ2) is 5.97. The van der Waals surface area contributed by atoms with E-state index >= 15 is 0 Å². The van der Waals surface area contributed by atoms with E-state index in [0.717, 1.165) is 24.4 Å². The van der Waals surface area contributed by atoms with Crippen molar-refractivity contribution >= 4 is 10.8 Å². The largest absolute Gasteiger partial charge is 0.314 e. The molecular weight excluding hydrogens is 242 g/mol. The molecule has 1 nitrogen and oxygen atoms in total. The van der Waals surface area contributed by atoms with E-state index in [1.54, 1.807) is 0 Å². The highest BCUT2D eigenvalue weighted by atomic mass is 14.9. The zero-order valence-electron chi connectivity index (χ0n) is 12.6. The Labute approximate surface area is 122 Å². The van der Waals surface area contributed by atoms with Gasteiger partial charge in [0.25, 0.3) is 0 Å². The summed E-state index contributed by atoms with van der Waals surface area (Å²) in [7, 11) is 0. The van der Waals surface area contributed by atoms with Crippen LogP contribution in [0, 0.1) is 5.92 Å². The molecule has 20 heavy (non-hydrogen) atoms. The van der Waals surface area contributed by atoms with Crippen LogP contribution in [0.4, 0.5) is 0 Å². The summed E-state index contributed by atoms with van der Waals surface area (Å²) >= 11 is 0. The van der Waals surface area contributed by atoms with E-state index in [0.29, 0.717) is 0 Å². The van der Waals surface area contributed by atoms with Crippen LogP contribution in [0.25, 0.3) is 10.8 Å². The van der Waals surface area contributed by atoms with Crippen molar-refractivity contribution in [2.75, 3.05) is 6.54 Å². The van der Waals surface area contributed by atoms with Crippen molar-refractivity contribution in [3.63, 3.8) is 0 Å². The molecule has 1 saturated carbocycles. The van der Waals surface area contributed by atoms with Crippen LogP contribution in [0.1, 0.15) is 44.6 Å². The summed E-state index contributed by atoms with van der Waals surface area (Å²) in [5, 5.41) is 6.44. The fourth-order valence-electron chi connectivity index (χ4n) is 3.66. The molecular formula is C19H25N. The van der Waals surface area contributed by atoms with Crippen LogP contribution in [0.2, 0.25) is 0 Å². The molecule has 0 aromatic heterocycles. The average Bonchev–Trinajstić information content (AvgIpc) is 2.46. The second-order valence-electron chi connectivity index (χ2n) is 6.08. The Balaban J connectivity index is 1.78. The van der Waals surface area contributed by atoms with E-state index in [4.69, 9.17) is 0 Å². The Morgan fingerprint density at radius 2 is 1.85 bits per heavy atom. The maximum absolute atomic E-state index is 3.71. The number of nitrogens with one attached hydrogen (secondary N) is 1. The Morgan fingerprint density at radius 1 is 1.05 bits per heavy atom. The number of rotatable bonds is 5. The molecule has 0 bridgehead atoms. The molecule has 0 radical (unpaired) electrons. The third kappa shape index (κ3) is 2.47. The summed E-state index contributed by atoms with van der Waals surface area (Å²) in [6.45, 7) is 5.73. The van der Waals surface area contributed by atoms with Crippen molar-refractivity contribution in [3.05, 3.63) is 48.0 Å². The maximum atomic E-state index is 3.71. The van der Waals surface area contributed by atoms with Crippen molar-refractivity contribution in [3.8, 4) is 0 Å². The minimum Gasteiger partial charge on any atom is -0.314 e. The fourth-order valence-corrected chi connectivity index (χ4v) is 3.66. The average molecular weight is 267 g/mol. The molecule has 3 atom stereocenters. The molecule has 1 aliphatic rings.